The highest BCUT2D eigenvalue weighted by Gasteiger charge is 2.42. The minimum absolute atomic E-state index is 0.0101. The molecule has 1 unspecified atom stereocenters. The number of rotatable bonds is 3. The molecule has 0 radical (unpaired) electrons. The van der Waals surface area contributed by atoms with E-state index < -0.39 is 0 Å². The van der Waals surface area contributed by atoms with E-state index in [1.807, 2.05) is 4.90 Å². The number of nitrogens with zero attached hydrogens (tertiary/aromatic N) is 1. The van der Waals surface area contributed by atoms with E-state index >= 15 is 0 Å². The summed E-state index contributed by atoms with van der Waals surface area (Å²) in [7, 11) is 0. The first-order chi connectivity index (χ1) is 8.73. The number of aliphatic hydroxyl groups is 1. The van der Waals surface area contributed by atoms with Crippen molar-refractivity contribution in [2.75, 3.05) is 39.5 Å². The van der Waals surface area contributed by atoms with Crippen LogP contribution < -0.4 is 5.32 Å². The molecule has 2 fully saturated rings. The first-order valence-corrected chi connectivity index (χ1v) is 6.94. The zero-order valence-electron chi connectivity index (χ0n) is 11.2. The zero-order valence-corrected chi connectivity index (χ0v) is 11.2. The van der Waals surface area contributed by atoms with Crippen LogP contribution in [0.3, 0.4) is 0 Å². The monoisotopic (exact) mass is 256 g/mol. The van der Waals surface area contributed by atoms with Crippen LogP contribution in [0.5, 0.6) is 0 Å². The van der Waals surface area contributed by atoms with Gasteiger partial charge in [-0.15, -0.1) is 0 Å². The van der Waals surface area contributed by atoms with Gasteiger partial charge in [0.15, 0.2) is 0 Å². The SMILES string of the molecule is CCC1(C(=O)N2CCOCC2CO)CCNCC1. The van der Waals surface area contributed by atoms with Crippen LogP contribution >= 0.6 is 0 Å². The molecular formula is C13H24N2O3. The fraction of sp³-hybridized carbons (Fsp3) is 0.923. The van der Waals surface area contributed by atoms with Crippen molar-refractivity contribution >= 4 is 5.91 Å². The maximum absolute atomic E-state index is 12.8. The number of amides is 1. The van der Waals surface area contributed by atoms with Gasteiger partial charge in [0.1, 0.15) is 0 Å². The molecule has 5 heteroatoms. The molecule has 1 atom stereocenters. The standard InChI is InChI=1S/C13H24N2O3/c1-2-13(3-5-14-6-4-13)12(17)15-7-8-18-10-11(15)9-16/h11,14,16H,2-10H2,1H3. The Morgan fingerprint density at radius 1 is 1.50 bits per heavy atom. The fourth-order valence-corrected chi connectivity index (χ4v) is 3.00. The lowest BCUT2D eigenvalue weighted by atomic mass is 9.75. The van der Waals surface area contributed by atoms with E-state index in [1.54, 1.807) is 0 Å². The maximum atomic E-state index is 12.8. The zero-order chi connectivity index (χ0) is 13.0. The van der Waals surface area contributed by atoms with Crippen LogP contribution in [-0.2, 0) is 9.53 Å². The Kier molecular flexibility index (Phi) is 4.59. The second-order valence-corrected chi connectivity index (χ2v) is 5.29. The third kappa shape index (κ3) is 2.53. The Hall–Kier alpha value is -0.650. The summed E-state index contributed by atoms with van der Waals surface area (Å²) in [5, 5.41) is 12.7. The Morgan fingerprint density at radius 2 is 2.22 bits per heavy atom. The number of hydrogen-bond donors (Lipinski definition) is 2. The van der Waals surface area contributed by atoms with Crippen molar-refractivity contribution in [3.8, 4) is 0 Å². The highest BCUT2D eigenvalue weighted by Crippen LogP contribution is 2.35. The van der Waals surface area contributed by atoms with Gasteiger partial charge in [0.05, 0.1) is 31.3 Å². The molecule has 1 amide bonds. The number of piperidine rings is 1. The summed E-state index contributed by atoms with van der Waals surface area (Å²) in [5.74, 6) is 0.217. The molecule has 2 heterocycles. The molecule has 2 aliphatic rings. The van der Waals surface area contributed by atoms with Crippen molar-refractivity contribution in [3.63, 3.8) is 0 Å². The minimum Gasteiger partial charge on any atom is -0.394 e. The van der Waals surface area contributed by atoms with Gasteiger partial charge in [0.2, 0.25) is 5.91 Å². The molecule has 0 aromatic carbocycles. The number of carbonyl (C=O) groups excluding carboxylic acids is 1. The first kappa shape index (κ1) is 13.8. The molecule has 0 spiro atoms. The van der Waals surface area contributed by atoms with E-state index in [1.165, 1.54) is 0 Å². The van der Waals surface area contributed by atoms with E-state index in [-0.39, 0.29) is 24.0 Å². The van der Waals surface area contributed by atoms with Crippen molar-refractivity contribution in [2.45, 2.75) is 32.2 Å². The summed E-state index contributed by atoms with van der Waals surface area (Å²) in [4.78, 5) is 14.7. The van der Waals surface area contributed by atoms with Crippen molar-refractivity contribution in [1.29, 1.82) is 0 Å². The van der Waals surface area contributed by atoms with Crippen molar-refractivity contribution in [2.24, 2.45) is 5.41 Å². The lowest BCUT2D eigenvalue weighted by Gasteiger charge is -2.43. The van der Waals surface area contributed by atoms with E-state index in [0.717, 1.165) is 32.4 Å². The van der Waals surface area contributed by atoms with Crippen LogP contribution in [0.1, 0.15) is 26.2 Å². The molecule has 0 aromatic rings. The third-order valence-electron chi connectivity index (χ3n) is 4.39. The number of morpholine rings is 1. The number of aliphatic hydroxyl groups excluding tert-OH is 1. The summed E-state index contributed by atoms with van der Waals surface area (Å²) >= 11 is 0. The van der Waals surface area contributed by atoms with Gasteiger partial charge in [-0.1, -0.05) is 6.92 Å². The second kappa shape index (κ2) is 5.99. The first-order valence-electron chi connectivity index (χ1n) is 6.94. The smallest absolute Gasteiger partial charge is 0.229 e. The molecule has 5 nitrogen and oxygen atoms in total. The molecule has 0 saturated carbocycles. The Balaban J connectivity index is 2.11. The van der Waals surface area contributed by atoms with Gasteiger partial charge in [-0.2, -0.15) is 0 Å². The number of hydrogen-bond acceptors (Lipinski definition) is 4. The number of carbonyl (C=O) groups is 1. The average Bonchev–Trinajstić information content (AvgIpc) is 2.47. The van der Waals surface area contributed by atoms with Crippen LogP contribution in [0, 0.1) is 5.41 Å². The number of ether oxygens (including phenoxy) is 1. The van der Waals surface area contributed by atoms with Gasteiger partial charge in [0.25, 0.3) is 0 Å². The van der Waals surface area contributed by atoms with E-state index in [0.29, 0.717) is 19.8 Å². The normalized spacial score (nSPS) is 28.1. The van der Waals surface area contributed by atoms with Gasteiger partial charge in [-0.25, -0.2) is 0 Å². The van der Waals surface area contributed by atoms with E-state index in [9.17, 15) is 9.90 Å². The second-order valence-electron chi connectivity index (χ2n) is 5.29. The summed E-state index contributed by atoms with van der Waals surface area (Å²) in [6.45, 7) is 5.56. The molecule has 2 aliphatic heterocycles. The van der Waals surface area contributed by atoms with Crippen molar-refractivity contribution in [1.82, 2.24) is 10.2 Å². The average molecular weight is 256 g/mol. The van der Waals surface area contributed by atoms with Gasteiger partial charge in [-0.05, 0) is 32.4 Å². The van der Waals surface area contributed by atoms with Crippen molar-refractivity contribution in [3.05, 3.63) is 0 Å². The van der Waals surface area contributed by atoms with Crippen LogP contribution in [-0.4, -0.2) is 61.4 Å². The summed E-state index contributed by atoms with van der Waals surface area (Å²) < 4.78 is 5.34. The van der Waals surface area contributed by atoms with Crippen molar-refractivity contribution < 1.29 is 14.6 Å². The highest BCUT2D eigenvalue weighted by molar-refractivity contribution is 5.83. The third-order valence-corrected chi connectivity index (χ3v) is 4.39. The Bertz CT molecular complexity index is 290. The van der Waals surface area contributed by atoms with Crippen LogP contribution in [0.25, 0.3) is 0 Å². The van der Waals surface area contributed by atoms with Crippen LogP contribution in [0.15, 0.2) is 0 Å². The van der Waals surface area contributed by atoms with E-state index in [2.05, 4.69) is 12.2 Å². The maximum Gasteiger partial charge on any atom is 0.229 e. The molecule has 2 rings (SSSR count). The van der Waals surface area contributed by atoms with Crippen LogP contribution in [0.2, 0.25) is 0 Å². The molecule has 2 saturated heterocycles. The summed E-state index contributed by atoms with van der Waals surface area (Å²) in [5.41, 5.74) is -0.226. The van der Waals surface area contributed by atoms with Gasteiger partial charge >= 0.3 is 0 Å². The lowest BCUT2D eigenvalue weighted by molar-refractivity contribution is -0.154. The Labute approximate surface area is 108 Å². The molecule has 104 valence electrons. The van der Waals surface area contributed by atoms with Gasteiger partial charge in [0, 0.05) is 6.54 Å². The number of nitrogens with one attached hydrogen (secondary N) is 1. The molecule has 0 aliphatic carbocycles. The topological polar surface area (TPSA) is 61.8 Å². The lowest BCUT2D eigenvalue weighted by Crippen LogP contribution is -2.57. The Morgan fingerprint density at radius 3 is 2.83 bits per heavy atom. The van der Waals surface area contributed by atoms with E-state index in [4.69, 9.17) is 4.74 Å². The quantitative estimate of drug-likeness (QED) is 0.745. The summed E-state index contributed by atoms with van der Waals surface area (Å²) in [6, 6.07) is -0.162. The predicted molar refractivity (Wildman–Crippen MR) is 68.2 cm³/mol. The molecular weight excluding hydrogens is 232 g/mol. The highest BCUT2D eigenvalue weighted by atomic mass is 16.5. The minimum atomic E-state index is -0.226. The predicted octanol–water partition coefficient (Wildman–Crippen LogP) is -0.0141. The molecule has 0 aromatic heterocycles. The fourth-order valence-electron chi connectivity index (χ4n) is 3.00. The molecule has 18 heavy (non-hydrogen) atoms. The van der Waals surface area contributed by atoms with Crippen LogP contribution in [0.4, 0.5) is 0 Å². The largest absolute Gasteiger partial charge is 0.394 e. The molecule has 0 bridgehead atoms. The summed E-state index contributed by atoms with van der Waals surface area (Å²) in [6.07, 6.45) is 2.68. The van der Waals surface area contributed by atoms with Gasteiger partial charge in [-0.3, -0.25) is 4.79 Å². The molecule has 2 N–H and O–H groups in total. The van der Waals surface area contributed by atoms with Gasteiger partial charge < -0.3 is 20.1 Å².